The van der Waals surface area contributed by atoms with E-state index < -0.39 is 17.7 Å². The third-order valence-corrected chi connectivity index (χ3v) is 9.03. The van der Waals surface area contributed by atoms with E-state index in [4.69, 9.17) is 28.4 Å². The highest BCUT2D eigenvalue weighted by Crippen LogP contribution is 2.29. The van der Waals surface area contributed by atoms with Crippen LogP contribution in [0, 0.1) is 0 Å². The van der Waals surface area contributed by atoms with Crippen molar-refractivity contribution in [3.05, 3.63) is 0 Å². The van der Waals surface area contributed by atoms with Crippen LogP contribution in [0.5, 0.6) is 0 Å². The number of hydrogen-bond donors (Lipinski definition) is 2. The number of carbonyl (C=O) groups excluding carboxylic acids is 2. The van der Waals surface area contributed by atoms with Gasteiger partial charge in [0.05, 0.1) is 65.4 Å². The lowest BCUT2D eigenvalue weighted by Crippen LogP contribution is -2.30. The van der Waals surface area contributed by atoms with Crippen LogP contribution in [0.1, 0.15) is 150 Å². The van der Waals surface area contributed by atoms with Gasteiger partial charge in [0.1, 0.15) is 18.0 Å². The molecular formula is C38H72O11. The summed E-state index contributed by atoms with van der Waals surface area (Å²) in [6.07, 6.45) is 17.3. The number of hydrogen-bond acceptors (Lipinski definition) is 11. The Hall–Kier alpha value is -1.18. The molecule has 0 aromatic carbocycles. The number of ether oxygens (including phenoxy) is 7. The Morgan fingerprint density at radius 1 is 0.776 bits per heavy atom. The number of aliphatic hydroxyl groups is 2. The number of carbonyl (C=O) groups is 2. The zero-order valence-corrected chi connectivity index (χ0v) is 31.8. The zero-order valence-electron chi connectivity index (χ0n) is 31.8. The first kappa shape index (κ1) is 45.8. The topological polar surface area (TPSA) is 139 Å². The molecule has 0 aliphatic carbocycles. The summed E-state index contributed by atoms with van der Waals surface area (Å²) in [6, 6.07) is 0. The predicted molar refractivity (Wildman–Crippen MR) is 189 cm³/mol. The normalized spacial score (nSPS) is 24.7. The Labute approximate surface area is 297 Å². The van der Waals surface area contributed by atoms with Gasteiger partial charge >= 0.3 is 5.97 Å². The molecule has 49 heavy (non-hydrogen) atoms. The second-order valence-corrected chi connectivity index (χ2v) is 14.1. The van der Waals surface area contributed by atoms with Crippen molar-refractivity contribution in [3.8, 4) is 0 Å². The minimum atomic E-state index is -0.765. The third-order valence-electron chi connectivity index (χ3n) is 9.03. The molecule has 2 saturated heterocycles. The fourth-order valence-electron chi connectivity index (χ4n) is 5.84. The Morgan fingerprint density at radius 2 is 1.29 bits per heavy atom. The molecule has 0 amide bonds. The maximum absolute atomic E-state index is 11.2. The molecule has 0 saturated carbocycles. The average Bonchev–Trinajstić information content (AvgIpc) is 3.66. The lowest BCUT2D eigenvalue weighted by Gasteiger charge is -2.23. The minimum absolute atomic E-state index is 0.0458. The molecule has 11 heteroatoms. The number of methoxy groups -OCH3 is 1. The maximum Gasteiger partial charge on any atom is 0.305 e. The number of ketones is 1. The van der Waals surface area contributed by atoms with E-state index in [-0.39, 0.29) is 43.1 Å². The minimum Gasteiger partial charge on any atom is -0.469 e. The zero-order chi connectivity index (χ0) is 36.4. The van der Waals surface area contributed by atoms with Gasteiger partial charge in [-0.2, -0.15) is 0 Å². The van der Waals surface area contributed by atoms with Crippen LogP contribution in [0.2, 0.25) is 0 Å². The van der Waals surface area contributed by atoms with Crippen molar-refractivity contribution < 1.29 is 53.0 Å². The van der Waals surface area contributed by atoms with Crippen LogP contribution < -0.4 is 0 Å². The van der Waals surface area contributed by atoms with E-state index in [0.29, 0.717) is 52.3 Å². The van der Waals surface area contributed by atoms with Gasteiger partial charge in [-0.15, -0.1) is 0 Å². The maximum atomic E-state index is 11.2. The molecule has 2 fully saturated rings. The molecule has 6 unspecified atom stereocenters. The lowest BCUT2D eigenvalue weighted by atomic mass is 10.1. The van der Waals surface area contributed by atoms with E-state index >= 15 is 0 Å². The summed E-state index contributed by atoms with van der Waals surface area (Å²) in [4.78, 5) is 22.3. The fourth-order valence-corrected chi connectivity index (χ4v) is 5.84. The highest BCUT2D eigenvalue weighted by atomic mass is 16.8. The van der Waals surface area contributed by atoms with Crippen molar-refractivity contribution in [2.24, 2.45) is 0 Å². The van der Waals surface area contributed by atoms with E-state index in [1.54, 1.807) is 6.92 Å². The predicted octanol–water partition coefficient (Wildman–Crippen LogP) is 6.81. The molecule has 2 heterocycles. The van der Waals surface area contributed by atoms with Crippen molar-refractivity contribution in [3.63, 3.8) is 0 Å². The van der Waals surface area contributed by atoms with Gasteiger partial charge in [0, 0.05) is 19.3 Å². The summed E-state index contributed by atoms with van der Waals surface area (Å²) in [7, 11) is 1.37. The van der Waals surface area contributed by atoms with Crippen LogP contribution in [-0.2, 0) is 42.7 Å². The Bertz CT molecular complexity index is 843. The number of rotatable bonds is 28. The summed E-state index contributed by atoms with van der Waals surface area (Å²) in [5.41, 5.74) is 0. The first-order valence-corrected chi connectivity index (χ1v) is 19.2. The first-order chi connectivity index (χ1) is 23.5. The highest BCUT2D eigenvalue weighted by molar-refractivity contribution is 5.75. The van der Waals surface area contributed by atoms with Gasteiger partial charge in [0.15, 0.2) is 11.6 Å². The van der Waals surface area contributed by atoms with Crippen LogP contribution in [-0.4, -0.2) is 105 Å². The molecule has 0 aromatic heterocycles. The van der Waals surface area contributed by atoms with Crippen LogP contribution in [0.25, 0.3) is 0 Å². The van der Waals surface area contributed by atoms with Gasteiger partial charge in [-0.05, 0) is 33.6 Å². The molecule has 290 valence electrons. The molecule has 0 aromatic rings. The number of unbranched alkanes of at least 4 members (excludes halogenated alkanes) is 10. The monoisotopic (exact) mass is 705 g/mol. The van der Waals surface area contributed by atoms with E-state index in [1.165, 1.54) is 71.3 Å². The van der Waals surface area contributed by atoms with Crippen molar-refractivity contribution in [2.45, 2.75) is 186 Å². The second kappa shape index (κ2) is 27.5. The van der Waals surface area contributed by atoms with Crippen LogP contribution in [0.3, 0.4) is 0 Å². The van der Waals surface area contributed by atoms with Crippen molar-refractivity contribution in [1.82, 2.24) is 0 Å². The summed E-state index contributed by atoms with van der Waals surface area (Å²) < 4.78 is 39.0. The molecule has 2 aliphatic rings. The summed E-state index contributed by atoms with van der Waals surface area (Å²) in [5.74, 6) is -1.58. The number of aliphatic hydroxyl groups excluding tert-OH is 2. The molecule has 0 radical (unpaired) electrons. The van der Waals surface area contributed by atoms with Gasteiger partial charge in [-0.1, -0.05) is 90.9 Å². The third kappa shape index (κ3) is 23.1. The average molecular weight is 705 g/mol. The van der Waals surface area contributed by atoms with Crippen molar-refractivity contribution in [1.29, 1.82) is 0 Å². The Morgan fingerprint density at radius 3 is 1.82 bits per heavy atom. The summed E-state index contributed by atoms with van der Waals surface area (Å²) >= 11 is 0. The van der Waals surface area contributed by atoms with Gasteiger partial charge in [0.25, 0.3) is 0 Å². The SMILES string of the molecule is CCCCCCCCC(CO)OCC1COC(C)(CCC(C)=O)O1.CCCCCCCCC(O)COCC1COC(C)(CCC(=O)OC)O1. The van der Waals surface area contributed by atoms with Crippen LogP contribution in [0.15, 0.2) is 0 Å². The number of esters is 1. The lowest BCUT2D eigenvalue weighted by molar-refractivity contribution is -0.171. The summed E-state index contributed by atoms with van der Waals surface area (Å²) in [6.45, 7) is 11.8. The molecule has 2 N–H and O–H groups in total. The van der Waals surface area contributed by atoms with Gasteiger partial charge in [-0.3, -0.25) is 4.79 Å². The second-order valence-electron chi connectivity index (χ2n) is 14.1. The van der Waals surface area contributed by atoms with E-state index in [0.717, 1.165) is 25.7 Å². The van der Waals surface area contributed by atoms with Crippen LogP contribution in [0.4, 0.5) is 0 Å². The highest BCUT2D eigenvalue weighted by Gasteiger charge is 2.38. The molecular weight excluding hydrogens is 632 g/mol. The largest absolute Gasteiger partial charge is 0.469 e. The Balaban J connectivity index is 0.000000490. The fraction of sp³-hybridized carbons (Fsp3) is 0.947. The smallest absolute Gasteiger partial charge is 0.305 e. The van der Waals surface area contributed by atoms with E-state index in [1.807, 2.05) is 13.8 Å². The quantitative estimate of drug-likeness (QED) is 0.0656. The first-order valence-electron chi connectivity index (χ1n) is 19.2. The van der Waals surface area contributed by atoms with Crippen LogP contribution >= 0.6 is 0 Å². The number of Topliss-reactive ketones (excluding diaryl/α,β-unsaturated/α-hetero) is 1. The molecule has 0 bridgehead atoms. The van der Waals surface area contributed by atoms with Crippen molar-refractivity contribution >= 4 is 11.8 Å². The molecule has 2 rings (SSSR count). The molecule has 6 atom stereocenters. The standard InChI is InChI=1S/C19H36O6.C19H36O5/c1-4-5-6-7-8-9-10-16(20)13-23-14-17-15-24-19(2,25-17)12-11-18(21)22-3;1-4-5-6-7-8-9-10-17(13-20)22-14-18-15-23-19(3,24-18)12-11-16(2)21/h16-17,20H,4-15H2,1-3H3;17-18,20H,4-15H2,1-3H3. The van der Waals surface area contributed by atoms with Gasteiger partial charge in [-0.25, -0.2) is 0 Å². The Kier molecular flexibility index (Phi) is 25.7. The van der Waals surface area contributed by atoms with Gasteiger partial charge < -0.3 is 48.2 Å². The van der Waals surface area contributed by atoms with E-state index in [2.05, 4.69) is 18.6 Å². The summed E-state index contributed by atoms with van der Waals surface area (Å²) in [5, 5.41) is 19.4. The van der Waals surface area contributed by atoms with Gasteiger partial charge in [0.2, 0.25) is 0 Å². The molecule has 11 nitrogen and oxygen atoms in total. The van der Waals surface area contributed by atoms with Crippen molar-refractivity contribution in [2.75, 3.05) is 46.8 Å². The molecule has 2 aliphatic heterocycles. The van der Waals surface area contributed by atoms with E-state index in [9.17, 15) is 19.8 Å². The molecule has 0 spiro atoms.